The minimum atomic E-state index is -0.0211. The lowest BCUT2D eigenvalue weighted by molar-refractivity contribution is -0.116. The molecule has 5 nitrogen and oxygen atoms in total. The van der Waals surface area contributed by atoms with Gasteiger partial charge in [-0.05, 0) is 44.4 Å². The number of anilines is 1. The van der Waals surface area contributed by atoms with Crippen molar-refractivity contribution in [1.29, 1.82) is 0 Å². The Balaban J connectivity index is 1.82. The third kappa shape index (κ3) is 5.67. The predicted octanol–water partition coefficient (Wildman–Crippen LogP) is 2.80. The van der Waals surface area contributed by atoms with Gasteiger partial charge in [0, 0.05) is 29.2 Å². The van der Waals surface area contributed by atoms with Crippen LogP contribution in [0.3, 0.4) is 0 Å². The average Bonchev–Trinajstić information content (AvgIpc) is 3.27. The number of nitrogens with zero attached hydrogens (tertiary/aromatic N) is 1. The Hall–Kier alpha value is -1.56. The van der Waals surface area contributed by atoms with Gasteiger partial charge in [-0.15, -0.1) is 0 Å². The van der Waals surface area contributed by atoms with Gasteiger partial charge in [0.25, 0.3) is 0 Å². The maximum atomic E-state index is 12.0. The maximum Gasteiger partial charge on any atom is 0.226 e. The molecule has 1 amide bonds. The topological polar surface area (TPSA) is 65.5 Å². The van der Waals surface area contributed by atoms with Gasteiger partial charge < -0.3 is 16.0 Å². The van der Waals surface area contributed by atoms with Crippen LogP contribution in [0.15, 0.2) is 27.7 Å². The molecule has 0 aliphatic heterocycles. The van der Waals surface area contributed by atoms with Crippen molar-refractivity contribution in [3.63, 3.8) is 0 Å². The highest BCUT2D eigenvalue weighted by Gasteiger charge is 2.22. The maximum absolute atomic E-state index is 12.0. The molecule has 0 aromatic heterocycles. The standard InChI is InChI=1S/C16H23BrN4O/c1-3-18-16(20-13-6-7-13)19-9-8-15(22)21-14-10-12(17)5-4-11(14)2/h4-5,10,13H,3,6-9H2,1-2H3,(H,21,22)(H2,18,19,20). The lowest BCUT2D eigenvalue weighted by atomic mass is 10.2. The smallest absolute Gasteiger partial charge is 0.226 e. The summed E-state index contributed by atoms with van der Waals surface area (Å²) in [6.07, 6.45) is 2.77. The molecule has 120 valence electrons. The van der Waals surface area contributed by atoms with Crippen molar-refractivity contribution in [2.45, 2.75) is 39.2 Å². The largest absolute Gasteiger partial charge is 0.357 e. The normalized spacial score (nSPS) is 14.6. The number of carbonyl (C=O) groups excluding carboxylic acids is 1. The monoisotopic (exact) mass is 366 g/mol. The molecule has 6 heteroatoms. The Morgan fingerprint density at radius 1 is 1.41 bits per heavy atom. The fraction of sp³-hybridized carbons (Fsp3) is 0.500. The summed E-state index contributed by atoms with van der Waals surface area (Å²) < 4.78 is 0.953. The summed E-state index contributed by atoms with van der Waals surface area (Å²) in [7, 11) is 0. The molecule has 0 atom stereocenters. The van der Waals surface area contributed by atoms with Gasteiger partial charge in [0.15, 0.2) is 5.96 Å². The molecule has 1 aliphatic rings. The molecule has 1 aromatic rings. The van der Waals surface area contributed by atoms with E-state index in [1.807, 2.05) is 32.0 Å². The first kappa shape index (κ1) is 16.8. The molecule has 22 heavy (non-hydrogen) atoms. The molecule has 1 saturated carbocycles. The molecule has 0 unspecified atom stereocenters. The van der Waals surface area contributed by atoms with Gasteiger partial charge in [0.1, 0.15) is 0 Å². The van der Waals surface area contributed by atoms with E-state index in [1.54, 1.807) is 0 Å². The predicted molar refractivity (Wildman–Crippen MR) is 94.3 cm³/mol. The van der Waals surface area contributed by atoms with Gasteiger partial charge in [-0.1, -0.05) is 22.0 Å². The molecule has 0 radical (unpaired) electrons. The minimum Gasteiger partial charge on any atom is -0.357 e. The second-order valence-electron chi connectivity index (χ2n) is 5.44. The van der Waals surface area contributed by atoms with E-state index in [0.717, 1.165) is 28.2 Å². The third-order valence-corrected chi connectivity index (χ3v) is 3.84. The molecular formula is C16H23BrN4O. The summed E-state index contributed by atoms with van der Waals surface area (Å²) in [5.41, 5.74) is 1.88. The number of benzene rings is 1. The van der Waals surface area contributed by atoms with Crippen LogP contribution in [0.1, 0.15) is 31.7 Å². The second-order valence-corrected chi connectivity index (χ2v) is 6.35. The van der Waals surface area contributed by atoms with Crippen molar-refractivity contribution in [1.82, 2.24) is 10.6 Å². The molecule has 0 spiro atoms. The summed E-state index contributed by atoms with van der Waals surface area (Å²) in [4.78, 5) is 16.5. The molecule has 0 heterocycles. The third-order valence-electron chi connectivity index (χ3n) is 3.34. The number of rotatable bonds is 6. The fourth-order valence-corrected chi connectivity index (χ4v) is 2.31. The van der Waals surface area contributed by atoms with E-state index in [9.17, 15) is 4.79 Å². The summed E-state index contributed by atoms with van der Waals surface area (Å²) in [5, 5.41) is 9.46. The van der Waals surface area contributed by atoms with E-state index in [4.69, 9.17) is 0 Å². The van der Waals surface area contributed by atoms with Gasteiger partial charge in [-0.3, -0.25) is 9.79 Å². The number of carbonyl (C=O) groups is 1. The van der Waals surface area contributed by atoms with E-state index in [1.165, 1.54) is 12.8 Å². The molecule has 1 aliphatic carbocycles. The molecular weight excluding hydrogens is 344 g/mol. The van der Waals surface area contributed by atoms with Crippen molar-refractivity contribution in [2.24, 2.45) is 4.99 Å². The summed E-state index contributed by atoms with van der Waals surface area (Å²) >= 11 is 3.41. The highest BCUT2D eigenvalue weighted by molar-refractivity contribution is 9.10. The second kappa shape index (κ2) is 8.17. The lowest BCUT2D eigenvalue weighted by Crippen LogP contribution is -2.38. The first-order chi connectivity index (χ1) is 10.6. The lowest BCUT2D eigenvalue weighted by Gasteiger charge is -2.11. The Morgan fingerprint density at radius 2 is 2.18 bits per heavy atom. The van der Waals surface area contributed by atoms with Crippen molar-refractivity contribution < 1.29 is 4.79 Å². The zero-order chi connectivity index (χ0) is 15.9. The van der Waals surface area contributed by atoms with Gasteiger partial charge >= 0.3 is 0 Å². The number of nitrogens with one attached hydrogen (secondary N) is 3. The number of aryl methyl sites for hydroxylation is 1. The zero-order valence-corrected chi connectivity index (χ0v) is 14.7. The van der Waals surface area contributed by atoms with Crippen molar-refractivity contribution in [2.75, 3.05) is 18.4 Å². The van der Waals surface area contributed by atoms with E-state index < -0.39 is 0 Å². The molecule has 0 saturated heterocycles. The van der Waals surface area contributed by atoms with E-state index in [0.29, 0.717) is 19.0 Å². The van der Waals surface area contributed by atoms with E-state index >= 15 is 0 Å². The van der Waals surface area contributed by atoms with Gasteiger partial charge in [0.05, 0.1) is 6.54 Å². The van der Waals surface area contributed by atoms with Crippen molar-refractivity contribution in [3.05, 3.63) is 28.2 Å². The molecule has 0 bridgehead atoms. The fourth-order valence-electron chi connectivity index (χ4n) is 1.95. The molecule has 3 N–H and O–H groups in total. The van der Waals surface area contributed by atoms with Crippen LogP contribution in [0.2, 0.25) is 0 Å². The highest BCUT2D eigenvalue weighted by Crippen LogP contribution is 2.20. The molecule has 2 rings (SSSR count). The number of guanidine groups is 1. The Kier molecular flexibility index (Phi) is 6.24. The van der Waals surface area contributed by atoms with Crippen LogP contribution in [-0.2, 0) is 4.79 Å². The SMILES string of the molecule is CCNC(=NCCC(=O)Nc1cc(Br)ccc1C)NC1CC1. The zero-order valence-electron chi connectivity index (χ0n) is 13.1. The molecule has 1 aromatic carbocycles. The highest BCUT2D eigenvalue weighted by atomic mass is 79.9. The van der Waals surface area contributed by atoms with Gasteiger partial charge in [-0.2, -0.15) is 0 Å². The van der Waals surface area contributed by atoms with E-state index in [2.05, 4.69) is 36.9 Å². The van der Waals surface area contributed by atoms with Crippen LogP contribution in [0.4, 0.5) is 5.69 Å². The minimum absolute atomic E-state index is 0.0211. The Bertz CT molecular complexity index is 555. The van der Waals surface area contributed by atoms with Gasteiger partial charge in [-0.25, -0.2) is 0 Å². The number of halogens is 1. The number of amides is 1. The first-order valence-electron chi connectivity index (χ1n) is 7.69. The van der Waals surface area contributed by atoms with Crippen LogP contribution in [0, 0.1) is 6.92 Å². The van der Waals surface area contributed by atoms with Gasteiger partial charge in [0.2, 0.25) is 5.91 Å². The Labute approximate surface area is 140 Å². The number of hydrogen-bond donors (Lipinski definition) is 3. The van der Waals surface area contributed by atoms with Crippen LogP contribution in [0.5, 0.6) is 0 Å². The van der Waals surface area contributed by atoms with E-state index in [-0.39, 0.29) is 5.91 Å². The number of aliphatic imine (C=N–C) groups is 1. The quantitative estimate of drug-likeness (QED) is 0.535. The summed E-state index contributed by atoms with van der Waals surface area (Å²) in [6, 6.07) is 6.40. The number of hydrogen-bond acceptors (Lipinski definition) is 2. The summed E-state index contributed by atoms with van der Waals surface area (Å²) in [6.45, 7) is 5.30. The van der Waals surface area contributed by atoms with Crippen LogP contribution in [0.25, 0.3) is 0 Å². The average molecular weight is 367 g/mol. The van der Waals surface area contributed by atoms with Crippen molar-refractivity contribution >= 4 is 33.5 Å². The van der Waals surface area contributed by atoms with Crippen LogP contribution < -0.4 is 16.0 Å². The van der Waals surface area contributed by atoms with Crippen molar-refractivity contribution in [3.8, 4) is 0 Å². The summed E-state index contributed by atoms with van der Waals surface area (Å²) in [5.74, 6) is 0.781. The Morgan fingerprint density at radius 3 is 2.86 bits per heavy atom. The van der Waals surface area contributed by atoms with Crippen LogP contribution in [-0.4, -0.2) is 31.0 Å². The molecule has 1 fully saturated rings. The first-order valence-corrected chi connectivity index (χ1v) is 8.48. The van der Waals surface area contributed by atoms with Crippen LogP contribution >= 0.6 is 15.9 Å².